The first-order chi connectivity index (χ1) is 6.52. The van der Waals surface area contributed by atoms with Crippen molar-refractivity contribution in [1.29, 1.82) is 0 Å². The molecule has 82 valence electrons. The van der Waals surface area contributed by atoms with Crippen LogP contribution in [0.3, 0.4) is 0 Å². The number of amides is 1. The third kappa shape index (κ3) is 2.71. The van der Waals surface area contributed by atoms with E-state index in [0.29, 0.717) is 18.0 Å². The van der Waals surface area contributed by atoms with Crippen LogP contribution in [0.2, 0.25) is 0 Å². The van der Waals surface area contributed by atoms with Crippen molar-refractivity contribution in [3.63, 3.8) is 0 Å². The quantitative estimate of drug-likeness (QED) is 0.714. The van der Waals surface area contributed by atoms with Crippen LogP contribution in [-0.4, -0.2) is 24.5 Å². The summed E-state index contributed by atoms with van der Waals surface area (Å²) in [6.45, 7) is 9.30. The van der Waals surface area contributed by atoms with Crippen molar-refractivity contribution >= 4 is 5.91 Å². The van der Waals surface area contributed by atoms with Gasteiger partial charge in [-0.1, -0.05) is 20.8 Å². The van der Waals surface area contributed by atoms with Gasteiger partial charge in [0.25, 0.3) is 0 Å². The number of hydrogen-bond donors (Lipinski definition) is 2. The molecule has 1 aliphatic heterocycles. The van der Waals surface area contributed by atoms with Crippen molar-refractivity contribution < 1.29 is 4.79 Å². The van der Waals surface area contributed by atoms with E-state index in [1.165, 1.54) is 0 Å². The smallest absolute Gasteiger partial charge is 0.223 e. The molecule has 1 amide bonds. The molecule has 2 N–H and O–H groups in total. The van der Waals surface area contributed by atoms with Crippen LogP contribution in [0.5, 0.6) is 0 Å². The summed E-state index contributed by atoms with van der Waals surface area (Å²) in [7, 11) is 0. The maximum Gasteiger partial charge on any atom is 0.223 e. The van der Waals surface area contributed by atoms with Gasteiger partial charge in [0.1, 0.15) is 0 Å². The van der Waals surface area contributed by atoms with Gasteiger partial charge in [0.15, 0.2) is 0 Å². The molecule has 3 atom stereocenters. The van der Waals surface area contributed by atoms with E-state index >= 15 is 0 Å². The molecular formula is C11H22N2O. The van der Waals surface area contributed by atoms with Crippen LogP contribution in [-0.2, 0) is 4.79 Å². The van der Waals surface area contributed by atoms with Crippen molar-refractivity contribution in [2.75, 3.05) is 6.54 Å². The Kier molecular flexibility index (Phi) is 3.93. The molecule has 3 heteroatoms. The van der Waals surface area contributed by atoms with Gasteiger partial charge in [-0.3, -0.25) is 4.79 Å². The summed E-state index contributed by atoms with van der Waals surface area (Å²) in [4.78, 5) is 11.7. The maximum absolute atomic E-state index is 11.7. The van der Waals surface area contributed by atoms with Gasteiger partial charge in [-0.2, -0.15) is 0 Å². The molecule has 3 nitrogen and oxygen atoms in total. The summed E-state index contributed by atoms with van der Waals surface area (Å²) in [5.74, 6) is 0.725. The zero-order valence-corrected chi connectivity index (χ0v) is 9.63. The normalized spacial score (nSPS) is 29.2. The Morgan fingerprint density at radius 3 is 2.50 bits per heavy atom. The van der Waals surface area contributed by atoms with E-state index in [0.717, 1.165) is 13.0 Å². The molecule has 0 saturated carbocycles. The summed E-state index contributed by atoms with van der Waals surface area (Å²) in [6.07, 6.45) is 1.05. The zero-order chi connectivity index (χ0) is 10.7. The van der Waals surface area contributed by atoms with Crippen LogP contribution < -0.4 is 10.6 Å². The molecule has 14 heavy (non-hydrogen) atoms. The van der Waals surface area contributed by atoms with E-state index in [9.17, 15) is 4.79 Å². The second-order valence-corrected chi connectivity index (χ2v) is 4.68. The second kappa shape index (κ2) is 4.78. The monoisotopic (exact) mass is 198 g/mol. The fourth-order valence-electron chi connectivity index (χ4n) is 1.67. The van der Waals surface area contributed by atoms with E-state index in [1.54, 1.807) is 0 Å². The summed E-state index contributed by atoms with van der Waals surface area (Å²) in [5, 5.41) is 6.44. The molecule has 1 heterocycles. The van der Waals surface area contributed by atoms with Crippen LogP contribution in [0, 0.1) is 11.8 Å². The summed E-state index contributed by atoms with van der Waals surface area (Å²) in [6, 6.07) is 0.738. The Hall–Kier alpha value is -0.570. The molecule has 1 saturated heterocycles. The van der Waals surface area contributed by atoms with Gasteiger partial charge in [-0.15, -0.1) is 0 Å². The van der Waals surface area contributed by atoms with E-state index in [-0.39, 0.29) is 11.8 Å². The number of nitrogens with one attached hydrogen (secondary N) is 2. The van der Waals surface area contributed by atoms with Crippen LogP contribution >= 0.6 is 0 Å². The lowest BCUT2D eigenvalue weighted by Crippen LogP contribution is -2.44. The highest BCUT2D eigenvalue weighted by Crippen LogP contribution is 2.12. The predicted octanol–water partition coefficient (Wildman–Crippen LogP) is 1.15. The van der Waals surface area contributed by atoms with E-state index < -0.39 is 0 Å². The molecule has 0 aromatic rings. The Balaban J connectivity index is 2.40. The molecule has 0 radical (unpaired) electrons. The van der Waals surface area contributed by atoms with E-state index in [1.807, 2.05) is 6.92 Å². The van der Waals surface area contributed by atoms with Gasteiger partial charge in [0, 0.05) is 18.0 Å². The van der Waals surface area contributed by atoms with Crippen molar-refractivity contribution in [3.8, 4) is 0 Å². The lowest BCUT2D eigenvalue weighted by Gasteiger charge is -2.21. The maximum atomic E-state index is 11.7. The van der Waals surface area contributed by atoms with Gasteiger partial charge >= 0.3 is 0 Å². The molecule has 1 rings (SSSR count). The zero-order valence-electron chi connectivity index (χ0n) is 9.63. The van der Waals surface area contributed by atoms with Crippen LogP contribution in [0.1, 0.15) is 34.1 Å². The highest BCUT2D eigenvalue weighted by Gasteiger charge is 2.26. The number of carbonyl (C=O) groups excluding carboxylic acids is 1. The van der Waals surface area contributed by atoms with Gasteiger partial charge in [-0.25, -0.2) is 0 Å². The minimum atomic E-state index is 0.114. The van der Waals surface area contributed by atoms with Gasteiger partial charge in [-0.05, 0) is 25.8 Å². The molecule has 0 spiro atoms. The number of carbonyl (C=O) groups is 1. The lowest BCUT2D eigenvalue weighted by atomic mass is 9.96. The fraction of sp³-hybridized carbons (Fsp3) is 0.909. The standard InChI is InChI=1S/C11H22N2O/c1-7(2)8(3)11(14)13-10-5-6-12-9(10)4/h7-10,12H,5-6H2,1-4H3,(H,13,14). The van der Waals surface area contributed by atoms with Crippen LogP contribution in [0.4, 0.5) is 0 Å². The van der Waals surface area contributed by atoms with Gasteiger partial charge < -0.3 is 10.6 Å². The Bertz CT molecular complexity index is 203. The molecule has 0 aliphatic carbocycles. The average molecular weight is 198 g/mol. The second-order valence-electron chi connectivity index (χ2n) is 4.68. The third-order valence-electron chi connectivity index (χ3n) is 3.27. The predicted molar refractivity (Wildman–Crippen MR) is 58.0 cm³/mol. The van der Waals surface area contributed by atoms with E-state index in [4.69, 9.17) is 0 Å². The average Bonchev–Trinajstić information content (AvgIpc) is 2.50. The fourth-order valence-corrected chi connectivity index (χ4v) is 1.67. The first-order valence-corrected chi connectivity index (χ1v) is 5.56. The lowest BCUT2D eigenvalue weighted by molar-refractivity contribution is -0.126. The van der Waals surface area contributed by atoms with E-state index in [2.05, 4.69) is 31.4 Å². The molecule has 0 aromatic heterocycles. The van der Waals surface area contributed by atoms with Crippen molar-refractivity contribution in [2.45, 2.75) is 46.2 Å². The molecular weight excluding hydrogens is 176 g/mol. The van der Waals surface area contributed by atoms with Gasteiger partial charge in [0.2, 0.25) is 5.91 Å². The van der Waals surface area contributed by atoms with Crippen molar-refractivity contribution in [1.82, 2.24) is 10.6 Å². The minimum Gasteiger partial charge on any atom is -0.352 e. The molecule has 1 aliphatic rings. The molecule has 0 aromatic carbocycles. The van der Waals surface area contributed by atoms with Crippen molar-refractivity contribution in [3.05, 3.63) is 0 Å². The first kappa shape index (κ1) is 11.5. The Morgan fingerprint density at radius 2 is 2.07 bits per heavy atom. The van der Waals surface area contributed by atoms with Crippen LogP contribution in [0.15, 0.2) is 0 Å². The third-order valence-corrected chi connectivity index (χ3v) is 3.27. The van der Waals surface area contributed by atoms with Crippen LogP contribution in [0.25, 0.3) is 0 Å². The SMILES string of the molecule is CC(C)C(C)C(=O)NC1CCNC1C. The van der Waals surface area contributed by atoms with Gasteiger partial charge in [0.05, 0.1) is 0 Å². The van der Waals surface area contributed by atoms with Crippen molar-refractivity contribution in [2.24, 2.45) is 11.8 Å². The number of hydrogen-bond acceptors (Lipinski definition) is 2. The summed E-state index contributed by atoms with van der Waals surface area (Å²) >= 11 is 0. The summed E-state index contributed by atoms with van der Waals surface area (Å²) < 4.78 is 0. The minimum absolute atomic E-state index is 0.114. The topological polar surface area (TPSA) is 41.1 Å². The highest BCUT2D eigenvalue weighted by atomic mass is 16.1. The first-order valence-electron chi connectivity index (χ1n) is 5.56. The Morgan fingerprint density at radius 1 is 1.43 bits per heavy atom. The Labute approximate surface area is 86.6 Å². The number of rotatable bonds is 3. The molecule has 3 unspecified atom stereocenters. The molecule has 1 fully saturated rings. The largest absolute Gasteiger partial charge is 0.352 e. The molecule has 0 bridgehead atoms. The summed E-state index contributed by atoms with van der Waals surface area (Å²) in [5.41, 5.74) is 0. The highest BCUT2D eigenvalue weighted by molar-refractivity contribution is 5.78.